The highest BCUT2D eigenvalue weighted by Crippen LogP contribution is 2.43. The molecule has 0 amide bonds. The molecule has 1 aromatic carbocycles. The van der Waals surface area contributed by atoms with Gasteiger partial charge in [0.15, 0.2) is 0 Å². The molecule has 6 heteroatoms. The molecule has 0 unspecified atom stereocenters. The molecule has 3 saturated carbocycles. The number of rotatable bonds is 8. The molecule has 3 nitrogen and oxygen atoms in total. The van der Waals surface area contributed by atoms with Crippen molar-refractivity contribution in [3.05, 3.63) is 35.4 Å². The Bertz CT molecular complexity index is 792. The van der Waals surface area contributed by atoms with Crippen LogP contribution >= 0.6 is 0 Å². The lowest BCUT2D eigenvalue weighted by atomic mass is 9.76. The predicted octanol–water partition coefficient (Wildman–Crippen LogP) is 8.29. The van der Waals surface area contributed by atoms with E-state index >= 15 is 0 Å². The first kappa shape index (κ1) is 27.5. The summed E-state index contributed by atoms with van der Waals surface area (Å²) in [5.74, 6) is 0.460. The number of carboxylic acids is 1. The highest BCUT2D eigenvalue weighted by molar-refractivity contribution is 5.67. The van der Waals surface area contributed by atoms with Crippen LogP contribution in [0, 0.1) is 17.8 Å². The molecule has 3 aliphatic carbocycles. The number of benzene rings is 1. The number of aliphatic carboxylic acids is 1. The Hall–Kier alpha value is -1.56. The molecule has 3 atom stereocenters. The minimum Gasteiger partial charge on any atom is -0.481 e. The first-order valence-electron chi connectivity index (χ1n) is 14.4. The van der Waals surface area contributed by atoms with Crippen LogP contribution in [0.3, 0.4) is 0 Å². The normalized spacial score (nSPS) is 27.2. The van der Waals surface area contributed by atoms with E-state index < -0.39 is 17.7 Å². The number of nitrogens with zero attached hydrogens (tertiary/aromatic N) is 1. The lowest BCUT2D eigenvalue weighted by Crippen LogP contribution is -2.46. The lowest BCUT2D eigenvalue weighted by Gasteiger charge is -2.43. The third kappa shape index (κ3) is 7.49. The fourth-order valence-electron chi connectivity index (χ4n) is 7.43. The largest absolute Gasteiger partial charge is 0.481 e. The van der Waals surface area contributed by atoms with E-state index in [4.69, 9.17) is 0 Å². The Morgan fingerprint density at radius 2 is 1.28 bits per heavy atom. The van der Waals surface area contributed by atoms with Gasteiger partial charge in [-0.2, -0.15) is 13.2 Å². The highest BCUT2D eigenvalue weighted by Gasteiger charge is 2.39. The van der Waals surface area contributed by atoms with Gasteiger partial charge in [0.25, 0.3) is 0 Å². The van der Waals surface area contributed by atoms with Gasteiger partial charge in [0.2, 0.25) is 0 Å². The number of carboxylic acid groups (broad SMARTS) is 1. The monoisotopic (exact) mass is 507 g/mol. The van der Waals surface area contributed by atoms with Crippen LogP contribution in [0.1, 0.15) is 113 Å². The number of alkyl halides is 3. The fourth-order valence-corrected chi connectivity index (χ4v) is 7.43. The third-order valence-corrected chi connectivity index (χ3v) is 9.21. The summed E-state index contributed by atoms with van der Waals surface area (Å²) in [7, 11) is 0. The fraction of sp³-hybridized carbons (Fsp3) is 0.767. The average Bonchev–Trinajstić information content (AvgIpc) is 3.06. The number of carbonyl (C=O) groups is 1. The van der Waals surface area contributed by atoms with Crippen molar-refractivity contribution in [1.29, 1.82) is 0 Å². The molecule has 0 aromatic heterocycles. The Morgan fingerprint density at radius 1 is 0.778 bits per heavy atom. The van der Waals surface area contributed by atoms with Crippen LogP contribution in [-0.4, -0.2) is 35.1 Å². The van der Waals surface area contributed by atoms with Crippen LogP contribution in [0.4, 0.5) is 13.2 Å². The molecule has 36 heavy (non-hydrogen) atoms. The molecule has 1 aromatic rings. The van der Waals surface area contributed by atoms with E-state index in [9.17, 15) is 23.1 Å². The van der Waals surface area contributed by atoms with Crippen LogP contribution in [0.5, 0.6) is 0 Å². The second kappa shape index (κ2) is 12.8. The molecular formula is C30H44F3NO2. The topological polar surface area (TPSA) is 40.5 Å². The van der Waals surface area contributed by atoms with Crippen molar-refractivity contribution in [2.75, 3.05) is 13.1 Å². The van der Waals surface area contributed by atoms with Crippen molar-refractivity contribution in [3.8, 4) is 0 Å². The van der Waals surface area contributed by atoms with Gasteiger partial charge in [-0.05, 0) is 74.0 Å². The van der Waals surface area contributed by atoms with Gasteiger partial charge in [0.1, 0.15) is 0 Å². The zero-order valence-electron chi connectivity index (χ0n) is 21.7. The Labute approximate surface area is 214 Å². The summed E-state index contributed by atoms with van der Waals surface area (Å²) in [6.45, 7) is 2.11. The van der Waals surface area contributed by atoms with E-state index in [0.717, 1.165) is 44.3 Å². The maximum atomic E-state index is 13.3. The summed E-state index contributed by atoms with van der Waals surface area (Å²) in [6, 6.07) is 5.86. The summed E-state index contributed by atoms with van der Waals surface area (Å²) >= 11 is 0. The first-order valence-corrected chi connectivity index (χ1v) is 14.4. The van der Waals surface area contributed by atoms with Crippen molar-refractivity contribution in [1.82, 2.24) is 4.90 Å². The van der Waals surface area contributed by atoms with Gasteiger partial charge in [-0.3, -0.25) is 9.69 Å². The minimum absolute atomic E-state index is 0.0435. The van der Waals surface area contributed by atoms with Crippen LogP contribution in [0.15, 0.2) is 24.3 Å². The standard InChI is InChI=1S/C30H44F3NO2/c31-30(32,33)26-17-15-24(16-18-26)29-25(19-28(35)36)13-7-8-14-27(29)34(20-22-9-3-1-4-10-22)21-23-11-5-2-6-12-23/h15-18,22-23,25,27,29H,1-14,19-21H2,(H,35,36)/t25-,27-,29-/m1/s1. The van der Waals surface area contributed by atoms with Gasteiger partial charge >= 0.3 is 12.1 Å². The third-order valence-electron chi connectivity index (χ3n) is 9.21. The van der Waals surface area contributed by atoms with Gasteiger partial charge < -0.3 is 5.11 Å². The zero-order valence-corrected chi connectivity index (χ0v) is 21.7. The Balaban J connectivity index is 1.66. The molecule has 202 valence electrons. The van der Waals surface area contributed by atoms with E-state index in [1.165, 1.54) is 76.3 Å². The SMILES string of the molecule is O=C(O)C[C@H]1CCCC[C@@H](N(CC2CCCCC2)CC2CCCCC2)[C@@H]1c1ccc(C(F)(F)F)cc1. The number of hydrogen-bond acceptors (Lipinski definition) is 2. The maximum Gasteiger partial charge on any atom is 0.416 e. The molecule has 3 aliphatic rings. The van der Waals surface area contributed by atoms with E-state index in [-0.39, 0.29) is 24.3 Å². The summed E-state index contributed by atoms with van der Waals surface area (Å²) in [5.41, 5.74) is 0.255. The summed E-state index contributed by atoms with van der Waals surface area (Å²) in [4.78, 5) is 14.6. The van der Waals surface area contributed by atoms with Crippen molar-refractivity contribution in [2.45, 2.75) is 114 Å². The second-order valence-electron chi connectivity index (χ2n) is 11.8. The van der Waals surface area contributed by atoms with E-state index in [2.05, 4.69) is 4.90 Å². The maximum absolute atomic E-state index is 13.3. The Kier molecular flexibility index (Phi) is 9.77. The summed E-state index contributed by atoms with van der Waals surface area (Å²) in [6.07, 6.45) is 12.4. The Morgan fingerprint density at radius 3 is 1.78 bits per heavy atom. The van der Waals surface area contributed by atoms with Gasteiger partial charge in [-0.1, -0.05) is 63.5 Å². The molecule has 0 heterocycles. The average molecular weight is 508 g/mol. The van der Waals surface area contributed by atoms with Gasteiger partial charge in [-0.15, -0.1) is 0 Å². The van der Waals surface area contributed by atoms with Crippen molar-refractivity contribution >= 4 is 5.97 Å². The van der Waals surface area contributed by atoms with Gasteiger partial charge in [-0.25, -0.2) is 0 Å². The van der Waals surface area contributed by atoms with E-state index in [1.54, 1.807) is 12.1 Å². The van der Waals surface area contributed by atoms with E-state index in [1.807, 2.05) is 0 Å². The summed E-state index contributed by atoms with van der Waals surface area (Å²) < 4.78 is 39.9. The lowest BCUT2D eigenvalue weighted by molar-refractivity contribution is -0.138. The van der Waals surface area contributed by atoms with Crippen LogP contribution in [0.25, 0.3) is 0 Å². The van der Waals surface area contributed by atoms with Crippen LogP contribution in [-0.2, 0) is 11.0 Å². The molecule has 4 rings (SSSR count). The van der Waals surface area contributed by atoms with Crippen LogP contribution in [0.2, 0.25) is 0 Å². The molecule has 0 aliphatic heterocycles. The molecule has 3 fully saturated rings. The van der Waals surface area contributed by atoms with Crippen molar-refractivity contribution < 1.29 is 23.1 Å². The minimum atomic E-state index is -4.37. The zero-order chi connectivity index (χ0) is 25.5. The molecule has 0 spiro atoms. The predicted molar refractivity (Wildman–Crippen MR) is 137 cm³/mol. The van der Waals surface area contributed by atoms with Crippen LogP contribution < -0.4 is 0 Å². The second-order valence-corrected chi connectivity index (χ2v) is 11.8. The van der Waals surface area contributed by atoms with Crippen molar-refractivity contribution in [3.63, 3.8) is 0 Å². The molecule has 0 radical (unpaired) electrons. The smallest absolute Gasteiger partial charge is 0.416 e. The highest BCUT2D eigenvalue weighted by atomic mass is 19.4. The number of hydrogen-bond donors (Lipinski definition) is 1. The first-order chi connectivity index (χ1) is 17.3. The van der Waals surface area contributed by atoms with Gasteiger partial charge in [0.05, 0.1) is 5.56 Å². The molecular weight excluding hydrogens is 463 g/mol. The number of halogens is 3. The van der Waals surface area contributed by atoms with Crippen molar-refractivity contribution in [2.24, 2.45) is 17.8 Å². The summed E-state index contributed by atoms with van der Waals surface area (Å²) in [5, 5.41) is 9.76. The quantitative estimate of drug-likeness (QED) is 0.360. The molecule has 0 bridgehead atoms. The van der Waals surface area contributed by atoms with E-state index in [0.29, 0.717) is 11.8 Å². The van der Waals surface area contributed by atoms with Gasteiger partial charge in [0, 0.05) is 31.5 Å². The molecule has 0 saturated heterocycles. The molecule has 1 N–H and O–H groups in total.